The lowest BCUT2D eigenvalue weighted by molar-refractivity contribution is -0.145. The van der Waals surface area contributed by atoms with Gasteiger partial charge in [-0.3, -0.25) is 19.3 Å². The van der Waals surface area contributed by atoms with Gasteiger partial charge in [-0.1, -0.05) is 34.5 Å². The monoisotopic (exact) mass is 630 g/mol. The van der Waals surface area contributed by atoms with E-state index in [2.05, 4.69) is 4.98 Å². The molecule has 4 unspecified atom stereocenters. The molecule has 3 fully saturated rings. The number of rotatable bonds is 6. The van der Waals surface area contributed by atoms with Crippen LogP contribution in [0.3, 0.4) is 0 Å². The number of benzene rings is 2. The number of H-pyrrole nitrogens is 1. The molecule has 41 heavy (non-hydrogen) atoms. The summed E-state index contributed by atoms with van der Waals surface area (Å²) in [7, 11) is 0. The first-order chi connectivity index (χ1) is 19.8. The number of aromatic amines is 1. The number of amides is 2. The zero-order valence-corrected chi connectivity index (χ0v) is 24.8. The Balaban J connectivity index is 1.30. The van der Waals surface area contributed by atoms with Crippen molar-refractivity contribution in [3.05, 3.63) is 72.6 Å². The topological polar surface area (TPSA) is 106 Å². The summed E-state index contributed by atoms with van der Waals surface area (Å²) in [6, 6.07) is 12.0. The smallest absolute Gasteiger partial charge is 0.344 e. The van der Waals surface area contributed by atoms with Gasteiger partial charge in [-0.25, -0.2) is 4.79 Å². The molecule has 3 aromatic rings. The summed E-state index contributed by atoms with van der Waals surface area (Å²) in [4.78, 5) is 57.4. The first-order valence-electron chi connectivity index (χ1n) is 13.4. The number of ether oxygens (including phenoxy) is 2. The van der Waals surface area contributed by atoms with Crippen molar-refractivity contribution in [3.63, 3.8) is 0 Å². The number of imide groups is 1. The molecule has 2 aliphatic heterocycles. The molecule has 212 valence electrons. The number of hydrogen-bond acceptors (Lipinski definition) is 8. The van der Waals surface area contributed by atoms with Crippen LogP contribution in [0, 0.1) is 29.6 Å². The molecule has 0 spiro atoms. The SMILES string of the molecule is CCOC(=O)COc1ccc(Cl)cc1[C@H]1c2sc(=O)[nH]c2SC2C1[C@H]1C[C@@H]2C2C(=O)N(c3ccc(Cl)cc3)C(=O)C21. The van der Waals surface area contributed by atoms with E-state index >= 15 is 0 Å². The lowest BCUT2D eigenvalue weighted by atomic mass is 9.68. The molecule has 3 heterocycles. The molecular weight excluding hydrogens is 607 g/mol. The molecular formula is C29H24Cl2N2O6S2. The van der Waals surface area contributed by atoms with Crippen LogP contribution in [0.1, 0.15) is 29.7 Å². The molecule has 12 heteroatoms. The summed E-state index contributed by atoms with van der Waals surface area (Å²) in [5, 5.41) is 1.80. The second-order valence-electron chi connectivity index (χ2n) is 10.7. The van der Waals surface area contributed by atoms with E-state index < -0.39 is 17.8 Å². The Hall–Kier alpha value is -2.79. The Kier molecular flexibility index (Phi) is 6.72. The van der Waals surface area contributed by atoms with Gasteiger partial charge < -0.3 is 14.5 Å². The molecule has 2 aromatic carbocycles. The molecule has 8 nitrogen and oxygen atoms in total. The molecule has 7 atom stereocenters. The zero-order valence-electron chi connectivity index (χ0n) is 21.7. The minimum atomic E-state index is -0.488. The molecule has 2 bridgehead atoms. The minimum Gasteiger partial charge on any atom is -0.482 e. The maximum Gasteiger partial charge on any atom is 0.344 e. The van der Waals surface area contributed by atoms with Gasteiger partial charge in [-0.2, -0.15) is 0 Å². The molecule has 1 N–H and O–H groups in total. The quantitative estimate of drug-likeness (QED) is 0.288. The molecule has 0 radical (unpaired) electrons. The van der Waals surface area contributed by atoms with Crippen LogP contribution in [0.25, 0.3) is 0 Å². The van der Waals surface area contributed by atoms with Crippen LogP contribution >= 0.6 is 46.3 Å². The Labute approximate surface area is 253 Å². The summed E-state index contributed by atoms with van der Waals surface area (Å²) in [5.41, 5.74) is 1.28. The van der Waals surface area contributed by atoms with Crippen LogP contribution in [0.5, 0.6) is 5.75 Å². The number of carbonyl (C=O) groups is 3. The van der Waals surface area contributed by atoms with E-state index in [0.29, 0.717) is 21.5 Å². The molecule has 1 aromatic heterocycles. The minimum absolute atomic E-state index is 0.00260. The van der Waals surface area contributed by atoms with Crippen LogP contribution in [-0.4, -0.2) is 41.2 Å². The van der Waals surface area contributed by atoms with E-state index in [1.54, 1.807) is 55.1 Å². The Morgan fingerprint density at radius 2 is 1.73 bits per heavy atom. The van der Waals surface area contributed by atoms with Gasteiger partial charge in [0.1, 0.15) is 5.75 Å². The number of anilines is 1. The molecule has 4 aliphatic rings. The van der Waals surface area contributed by atoms with E-state index in [1.165, 1.54) is 4.90 Å². The Bertz CT molecular complexity index is 1640. The fourth-order valence-corrected chi connectivity index (χ4v) is 10.6. The van der Waals surface area contributed by atoms with Gasteiger partial charge in [0.15, 0.2) is 6.61 Å². The third kappa shape index (κ3) is 4.25. The van der Waals surface area contributed by atoms with Gasteiger partial charge in [0, 0.05) is 31.7 Å². The van der Waals surface area contributed by atoms with Gasteiger partial charge in [0.2, 0.25) is 11.8 Å². The van der Waals surface area contributed by atoms with E-state index in [9.17, 15) is 19.2 Å². The summed E-state index contributed by atoms with van der Waals surface area (Å²) < 4.78 is 11.0. The third-order valence-electron chi connectivity index (χ3n) is 8.77. The highest BCUT2D eigenvalue weighted by Crippen LogP contribution is 2.69. The largest absolute Gasteiger partial charge is 0.482 e. The van der Waals surface area contributed by atoms with Gasteiger partial charge in [0.25, 0.3) is 0 Å². The van der Waals surface area contributed by atoms with Crippen LogP contribution in [0.15, 0.2) is 52.3 Å². The third-order valence-corrected chi connectivity index (χ3v) is 11.8. The number of hydrogen-bond donors (Lipinski definition) is 1. The molecule has 7 rings (SSSR count). The number of aromatic nitrogens is 1. The number of nitrogens with one attached hydrogen (secondary N) is 1. The molecule has 1 saturated heterocycles. The van der Waals surface area contributed by atoms with Gasteiger partial charge in [-0.05, 0) is 73.6 Å². The number of carbonyl (C=O) groups excluding carboxylic acids is 3. The van der Waals surface area contributed by atoms with Crippen molar-refractivity contribution < 1.29 is 23.9 Å². The van der Waals surface area contributed by atoms with Crippen molar-refractivity contribution in [1.82, 2.24) is 4.98 Å². The first-order valence-corrected chi connectivity index (χ1v) is 15.8. The van der Waals surface area contributed by atoms with Gasteiger partial charge in [-0.15, -0.1) is 11.8 Å². The molecule has 2 amide bonds. The predicted molar refractivity (Wildman–Crippen MR) is 156 cm³/mol. The average molecular weight is 632 g/mol. The predicted octanol–water partition coefficient (Wildman–Crippen LogP) is 5.36. The van der Waals surface area contributed by atoms with E-state index in [4.69, 9.17) is 32.7 Å². The van der Waals surface area contributed by atoms with Crippen molar-refractivity contribution in [2.75, 3.05) is 18.1 Å². The zero-order chi connectivity index (χ0) is 28.6. The number of esters is 1. The fraction of sp³-hybridized carbons (Fsp3) is 0.379. The van der Waals surface area contributed by atoms with E-state index in [-0.39, 0.29) is 58.8 Å². The van der Waals surface area contributed by atoms with E-state index in [1.807, 2.05) is 6.07 Å². The van der Waals surface area contributed by atoms with E-state index in [0.717, 1.165) is 33.2 Å². The molecule has 2 saturated carbocycles. The average Bonchev–Trinajstić information content (AvgIpc) is 3.67. The first kappa shape index (κ1) is 27.1. The lowest BCUT2D eigenvalue weighted by Gasteiger charge is -2.43. The van der Waals surface area contributed by atoms with Crippen molar-refractivity contribution >= 4 is 69.8 Å². The second kappa shape index (κ2) is 10.2. The Morgan fingerprint density at radius 3 is 2.46 bits per heavy atom. The highest BCUT2D eigenvalue weighted by Gasteiger charge is 2.69. The van der Waals surface area contributed by atoms with Crippen molar-refractivity contribution in [1.29, 1.82) is 0 Å². The maximum absolute atomic E-state index is 13.9. The second-order valence-corrected chi connectivity index (χ2v) is 13.8. The van der Waals surface area contributed by atoms with Gasteiger partial charge >= 0.3 is 10.8 Å². The summed E-state index contributed by atoms with van der Waals surface area (Å²) in [6.45, 7) is 1.70. The standard InChI is InChI=1S/C29H24Cl2N2O6S2/c1-2-38-19(34)11-39-18-8-5-13(31)9-15(18)20-21-16-10-17(24(21)40-26-25(20)41-29(37)32-26)23-22(16)27(35)33(28(23)36)14-6-3-12(30)4-7-14/h3-9,16-17,20-24H,2,10-11H2,1H3,(H,32,37)/t16-,17-,20-,21?,22?,23?,24?/m1/s1. The van der Waals surface area contributed by atoms with Crippen molar-refractivity contribution in [2.45, 2.75) is 29.5 Å². The van der Waals surface area contributed by atoms with Gasteiger partial charge in [0.05, 0.1) is 29.2 Å². The summed E-state index contributed by atoms with van der Waals surface area (Å²) >= 11 is 15.3. The molecule has 2 aliphatic carbocycles. The van der Waals surface area contributed by atoms with Crippen LogP contribution in [-0.2, 0) is 19.1 Å². The van der Waals surface area contributed by atoms with Crippen molar-refractivity contribution in [3.8, 4) is 5.75 Å². The van der Waals surface area contributed by atoms with Crippen LogP contribution in [0.2, 0.25) is 10.0 Å². The highest BCUT2D eigenvalue weighted by atomic mass is 35.5. The number of nitrogens with zero attached hydrogens (tertiary/aromatic N) is 1. The number of thioether (sulfide) groups is 1. The maximum atomic E-state index is 13.9. The van der Waals surface area contributed by atoms with Crippen LogP contribution in [0.4, 0.5) is 5.69 Å². The number of halogens is 2. The number of thiazole rings is 1. The summed E-state index contributed by atoms with van der Waals surface area (Å²) in [6.07, 6.45) is 0.749. The lowest BCUT2D eigenvalue weighted by Crippen LogP contribution is -2.42. The highest BCUT2D eigenvalue weighted by molar-refractivity contribution is 8.00. The fourth-order valence-electron chi connectivity index (χ4n) is 7.44. The van der Waals surface area contributed by atoms with Crippen LogP contribution < -0.4 is 14.5 Å². The Morgan fingerprint density at radius 1 is 1.02 bits per heavy atom. The van der Waals surface area contributed by atoms with Crippen molar-refractivity contribution in [2.24, 2.45) is 29.6 Å². The summed E-state index contributed by atoms with van der Waals surface area (Å²) in [5.74, 6) is -1.70. The normalized spacial score (nSPS) is 29.3. The number of fused-ring (bicyclic) bond motifs is 9.